The van der Waals surface area contributed by atoms with Crippen molar-refractivity contribution in [1.29, 1.82) is 0 Å². The summed E-state index contributed by atoms with van der Waals surface area (Å²) in [5.74, 6) is -0.811. The van der Waals surface area contributed by atoms with E-state index in [0.29, 0.717) is 24.3 Å². The topological polar surface area (TPSA) is 88.5 Å². The summed E-state index contributed by atoms with van der Waals surface area (Å²) in [6, 6.07) is 22.8. The van der Waals surface area contributed by atoms with Crippen molar-refractivity contribution in [2.24, 2.45) is 0 Å². The molecule has 4 rings (SSSR count). The molecule has 1 amide bonds. The van der Waals surface area contributed by atoms with E-state index in [-0.39, 0.29) is 25.0 Å². The van der Waals surface area contributed by atoms with Crippen molar-refractivity contribution in [1.82, 2.24) is 10.3 Å². The molecule has 0 bridgehead atoms. The first-order valence-electron chi connectivity index (χ1n) is 12.7. The fourth-order valence-electron chi connectivity index (χ4n) is 4.39. The monoisotopic (exact) mass is 568 g/mol. The Hall–Kier alpha value is -2.86. The van der Waals surface area contributed by atoms with Gasteiger partial charge in [-0.15, -0.1) is 11.3 Å². The zero-order chi connectivity index (χ0) is 27.6. The van der Waals surface area contributed by atoms with Crippen LogP contribution in [0.1, 0.15) is 44.5 Å². The van der Waals surface area contributed by atoms with Crippen LogP contribution in [0, 0.1) is 6.92 Å². The van der Waals surface area contributed by atoms with Gasteiger partial charge in [-0.1, -0.05) is 60.7 Å². The quantitative estimate of drug-likeness (QED) is 0.200. The van der Waals surface area contributed by atoms with Gasteiger partial charge in [-0.2, -0.15) is 11.8 Å². The first-order valence-corrected chi connectivity index (χ1v) is 15.0. The minimum atomic E-state index is -1.04. The van der Waals surface area contributed by atoms with E-state index in [9.17, 15) is 14.7 Å². The number of carboxylic acids is 1. The number of carbonyl (C=O) groups is 2. The molecule has 0 radical (unpaired) electrons. The van der Waals surface area contributed by atoms with Crippen molar-refractivity contribution >= 4 is 53.8 Å². The Balaban J connectivity index is 0.00000441. The Kier molecular flexibility index (Phi) is 12.5. The predicted molar refractivity (Wildman–Crippen MR) is 166 cm³/mol. The van der Waals surface area contributed by atoms with Gasteiger partial charge < -0.3 is 15.2 Å². The summed E-state index contributed by atoms with van der Waals surface area (Å²) in [5, 5.41) is 12.4. The molecule has 6 nitrogen and oxygen atoms in total. The first-order chi connectivity index (χ1) is 19.0. The SMILES string of the molecule is CSCCC(NC(=O)c1ccc(C(OCCc2ccccc2)c2cncs2)cc1-c1ccccc1C)C(=O)O.[LiH]. The summed E-state index contributed by atoms with van der Waals surface area (Å²) in [4.78, 5) is 30.5. The molecule has 0 aliphatic carbocycles. The first kappa shape index (κ1) is 31.7. The van der Waals surface area contributed by atoms with Crippen molar-refractivity contribution in [2.45, 2.75) is 31.9 Å². The molecule has 0 fully saturated rings. The van der Waals surface area contributed by atoms with Gasteiger partial charge in [0.25, 0.3) is 5.91 Å². The van der Waals surface area contributed by atoms with Crippen LogP contribution in [-0.4, -0.2) is 65.5 Å². The number of aliphatic carboxylic acids is 1. The van der Waals surface area contributed by atoms with Gasteiger partial charge in [-0.25, -0.2) is 4.79 Å². The van der Waals surface area contributed by atoms with Crippen LogP contribution in [-0.2, 0) is 16.0 Å². The third-order valence-corrected chi connectivity index (χ3v) is 7.93. The van der Waals surface area contributed by atoms with Gasteiger partial charge in [0.2, 0.25) is 0 Å². The van der Waals surface area contributed by atoms with E-state index in [1.54, 1.807) is 23.3 Å². The molecule has 0 aliphatic rings. The van der Waals surface area contributed by atoms with E-state index in [0.717, 1.165) is 33.6 Å². The standard InChI is InChI=1S/C31H32N2O4S2.Li.H/c1-21-8-6-7-11-24(21)26-18-23(12-13-25(26)30(34)33-27(31(35)36)15-17-38-2)29(28-19-32-20-39-28)37-16-14-22-9-4-3-5-10-22;;/h3-13,18-20,27,29H,14-17H2,1-2H3,(H,33,34)(H,35,36);;. The molecule has 0 saturated carbocycles. The van der Waals surface area contributed by atoms with Crippen LogP contribution in [0.15, 0.2) is 84.5 Å². The molecule has 2 atom stereocenters. The number of thioether (sulfide) groups is 1. The Morgan fingerprint density at radius 2 is 1.80 bits per heavy atom. The fourth-order valence-corrected chi connectivity index (χ4v) is 5.55. The molecule has 4 aromatic rings. The molecule has 40 heavy (non-hydrogen) atoms. The van der Waals surface area contributed by atoms with Gasteiger partial charge >= 0.3 is 24.8 Å². The van der Waals surface area contributed by atoms with Gasteiger partial charge in [0.05, 0.1) is 17.0 Å². The van der Waals surface area contributed by atoms with Crippen LogP contribution in [0.2, 0.25) is 0 Å². The normalized spacial score (nSPS) is 12.2. The molecule has 1 aromatic heterocycles. The molecule has 0 aliphatic heterocycles. The van der Waals surface area contributed by atoms with Crippen LogP contribution in [0.4, 0.5) is 0 Å². The second kappa shape index (κ2) is 15.8. The predicted octanol–water partition coefficient (Wildman–Crippen LogP) is 5.75. The van der Waals surface area contributed by atoms with Crippen LogP contribution >= 0.6 is 23.1 Å². The number of benzene rings is 3. The minimum absolute atomic E-state index is 0. The van der Waals surface area contributed by atoms with Crippen LogP contribution < -0.4 is 5.32 Å². The molecule has 9 heteroatoms. The molecule has 2 unspecified atom stereocenters. The molecule has 2 N–H and O–H groups in total. The molecular formula is C31H33LiN2O4S2. The molecule has 0 spiro atoms. The average Bonchev–Trinajstić information content (AvgIpc) is 3.48. The molecular weight excluding hydrogens is 535 g/mol. The van der Waals surface area contributed by atoms with Crippen LogP contribution in [0.3, 0.4) is 0 Å². The summed E-state index contributed by atoms with van der Waals surface area (Å²) in [6.45, 7) is 2.52. The zero-order valence-corrected chi connectivity index (χ0v) is 23.6. The number of thiazole rings is 1. The van der Waals surface area contributed by atoms with Crippen LogP contribution in [0.25, 0.3) is 11.1 Å². The number of carbonyl (C=O) groups excluding carboxylic acids is 1. The molecule has 3 aromatic carbocycles. The number of rotatable bonds is 13. The third-order valence-electron chi connectivity index (χ3n) is 6.47. The van der Waals surface area contributed by atoms with Crippen molar-refractivity contribution in [3.05, 3.63) is 112 Å². The Labute approximate surface area is 255 Å². The number of nitrogens with one attached hydrogen (secondary N) is 1. The number of hydrogen-bond donors (Lipinski definition) is 2. The van der Waals surface area contributed by atoms with Crippen molar-refractivity contribution in [2.75, 3.05) is 18.6 Å². The number of ether oxygens (including phenoxy) is 1. The summed E-state index contributed by atoms with van der Waals surface area (Å²) in [6.07, 6.45) is 4.50. The van der Waals surface area contributed by atoms with Crippen molar-refractivity contribution in [3.8, 4) is 11.1 Å². The molecule has 0 saturated heterocycles. The maximum atomic E-state index is 13.4. The molecule has 1 heterocycles. The summed E-state index contributed by atoms with van der Waals surface area (Å²) < 4.78 is 6.43. The Bertz CT molecular complexity index is 1380. The zero-order valence-electron chi connectivity index (χ0n) is 22.0. The summed E-state index contributed by atoms with van der Waals surface area (Å²) >= 11 is 3.07. The third kappa shape index (κ3) is 8.32. The number of hydrogen-bond acceptors (Lipinski definition) is 6. The Morgan fingerprint density at radius 3 is 2.48 bits per heavy atom. The molecule has 204 valence electrons. The number of amides is 1. The van der Waals surface area contributed by atoms with Crippen molar-refractivity contribution in [3.63, 3.8) is 0 Å². The van der Waals surface area contributed by atoms with Gasteiger partial charge in [0.15, 0.2) is 0 Å². The van der Waals surface area contributed by atoms with E-state index in [2.05, 4.69) is 22.4 Å². The average molecular weight is 569 g/mol. The van der Waals surface area contributed by atoms with Gasteiger partial charge in [0, 0.05) is 11.8 Å². The summed E-state index contributed by atoms with van der Waals surface area (Å²) in [7, 11) is 0. The van der Waals surface area contributed by atoms with Gasteiger partial charge in [-0.3, -0.25) is 9.78 Å². The van der Waals surface area contributed by atoms with E-state index in [1.807, 2.05) is 74.0 Å². The number of carboxylic acid groups (broad SMARTS) is 1. The fraction of sp³-hybridized carbons (Fsp3) is 0.258. The van der Waals surface area contributed by atoms with E-state index in [1.165, 1.54) is 16.9 Å². The number of nitrogens with zero attached hydrogens (tertiary/aromatic N) is 1. The van der Waals surface area contributed by atoms with Gasteiger partial charge in [0.1, 0.15) is 12.1 Å². The van der Waals surface area contributed by atoms with Gasteiger partial charge in [-0.05, 0) is 71.7 Å². The van der Waals surface area contributed by atoms with Crippen molar-refractivity contribution < 1.29 is 19.4 Å². The second-order valence-corrected chi connectivity index (χ2v) is 11.1. The number of aromatic nitrogens is 1. The maximum absolute atomic E-state index is 13.4. The van der Waals surface area contributed by atoms with E-state index < -0.39 is 17.9 Å². The van der Waals surface area contributed by atoms with E-state index in [4.69, 9.17) is 4.74 Å². The summed E-state index contributed by atoms with van der Waals surface area (Å²) in [5.41, 5.74) is 6.97. The van der Waals surface area contributed by atoms with E-state index >= 15 is 0 Å². The second-order valence-electron chi connectivity index (χ2n) is 9.16. The Morgan fingerprint density at radius 1 is 1.05 bits per heavy atom. The van der Waals surface area contributed by atoms with Crippen LogP contribution in [0.5, 0.6) is 0 Å². The number of aryl methyl sites for hydroxylation is 1.